The Balaban J connectivity index is 1.78. The largest absolute Gasteiger partial charge is 0.366 e. The molecule has 1 saturated heterocycles. The SMILES string of the molecule is CCN1c2cc(C)c(/C=C3/C(=O)NC(=S)N(c4cccc(Br)c4)C3=O)cc2C(C)CC1(C)C. The van der Waals surface area contributed by atoms with Crippen molar-refractivity contribution in [2.45, 2.75) is 52.5 Å². The van der Waals surface area contributed by atoms with Gasteiger partial charge in [-0.1, -0.05) is 28.9 Å². The van der Waals surface area contributed by atoms with Crippen LogP contribution in [0.3, 0.4) is 0 Å². The number of amides is 2. The minimum absolute atomic E-state index is 0.0720. The molecular formula is C26H28BrN3O2S. The number of halogens is 1. The van der Waals surface area contributed by atoms with Crippen molar-refractivity contribution in [2.75, 3.05) is 16.3 Å². The molecule has 7 heteroatoms. The van der Waals surface area contributed by atoms with Crippen molar-refractivity contribution >= 4 is 62.5 Å². The van der Waals surface area contributed by atoms with Crippen LogP contribution in [0.25, 0.3) is 6.08 Å². The van der Waals surface area contributed by atoms with Crippen molar-refractivity contribution in [3.8, 4) is 0 Å². The molecule has 33 heavy (non-hydrogen) atoms. The molecule has 172 valence electrons. The van der Waals surface area contributed by atoms with E-state index in [9.17, 15) is 9.59 Å². The lowest BCUT2D eigenvalue weighted by Gasteiger charge is -2.47. The predicted octanol–water partition coefficient (Wildman–Crippen LogP) is 5.70. The van der Waals surface area contributed by atoms with Crippen molar-refractivity contribution in [3.63, 3.8) is 0 Å². The van der Waals surface area contributed by atoms with Gasteiger partial charge < -0.3 is 4.90 Å². The summed E-state index contributed by atoms with van der Waals surface area (Å²) in [6, 6.07) is 11.6. The Morgan fingerprint density at radius 1 is 1.24 bits per heavy atom. The van der Waals surface area contributed by atoms with Crippen LogP contribution in [0.1, 0.15) is 56.7 Å². The number of carbonyl (C=O) groups excluding carboxylic acids is 2. The lowest BCUT2D eigenvalue weighted by molar-refractivity contribution is -0.122. The second kappa shape index (κ2) is 8.69. The van der Waals surface area contributed by atoms with E-state index < -0.39 is 11.8 Å². The second-order valence-corrected chi connectivity index (χ2v) is 10.7. The highest BCUT2D eigenvalue weighted by Gasteiger charge is 2.37. The monoisotopic (exact) mass is 525 g/mol. The van der Waals surface area contributed by atoms with E-state index in [1.807, 2.05) is 19.1 Å². The standard InChI is InChI=1S/C26H28BrN3O2S/c1-6-29-22-10-15(2)17(11-20(22)16(3)14-26(29,4)5)12-21-23(31)28-25(33)30(24(21)32)19-9-7-8-18(27)13-19/h7-13,16H,6,14H2,1-5H3,(H,28,31,33)/b21-12-. The quantitative estimate of drug-likeness (QED) is 0.317. The Bertz CT molecular complexity index is 1200. The molecule has 0 saturated carbocycles. The molecule has 2 amide bonds. The van der Waals surface area contributed by atoms with E-state index in [1.54, 1.807) is 18.2 Å². The molecule has 1 N–H and O–H groups in total. The molecule has 5 nitrogen and oxygen atoms in total. The molecule has 2 aromatic rings. The van der Waals surface area contributed by atoms with E-state index in [4.69, 9.17) is 12.2 Å². The van der Waals surface area contributed by atoms with Gasteiger partial charge in [0.1, 0.15) is 5.57 Å². The highest BCUT2D eigenvalue weighted by molar-refractivity contribution is 9.10. The highest BCUT2D eigenvalue weighted by atomic mass is 79.9. The highest BCUT2D eigenvalue weighted by Crippen LogP contribution is 2.44. The number of aryl methyl sites for hydroxylation is 1. The maximum absolute atomic E-state index is 13.4. The zero-order valence-corrected chi connectivity index (χ0v) is 21.9. The number of anilines is 2. The average Bonchev–Trinajstić information content (AvgIpc) is 2.71. The number of nitrogens with one attached hydrogen (secondary N) is 1. The zero-order chi connectivity index (χ0) is 24.1. The van der Waals surface area contributed by atoms with Crippen LogP contribution in [-0.2, 0) is 9.59 Å². The summed E-state index contributed by atoms with van der Waals surface area (Å²) in [5, 5.41) is 2.75. The summed E-state index contributed by atoms with van der Waals surface area (Å²) < 4.78 is 0.820. The van der Waals surface area contributed by atoms with E-state index >= 15 is 0 Å². The summed E-state index contributed by atoms with van der Waals surface area (Å²) in [5.74, 6) is -0.529. The number of nitrogens with zero attached hydrogens (tertiary/aromatic N) is 2. The van der Waals surface area contributed by atoms with Gasteiger partial charge in [0, 0.05) is 22.2 Å². The predicted molar refractivity (Wildman–Crippen MR) is 142 cm³/mol. The van der Waals surface area contributed by atoms with Gasteiger partial charge >= 0.3 is 0 Å². The van der Waals surface area contributed by atoms with E-state index in [0.29, 0.717) is 11.6 Å². The lowest BCUT2D eigenvalue weighted by Crippen LogP contribution is -2.54. The van der Waals surface area contributed by atoms with Gasteiger partial charge in [-0.05, 0) is 105 Å². The van der Waals surface area contributed by atoms with Crippen molar-refractivity contribution in [1.82, 2.24) is 5.32 Å². The van der Waals surface area contributed by atoms with Crippen molar-refractivity contribution in [1.29, 1.82) is 0 Å². The molecule has 2 aliphatic rings. The summed E-state index contributed by atoms with van der Waals surface area (Å²) >= 11 is 8.75. The van der Waals surface area contributed by atoms with Gasteiger partial charge in [-0.3, -0.25) is 19.8 Å². The maximum Gasteiger partial charge on any atom is 0.270 e. The van der Waals surface area contributed by atoms with E-state index in [1.165, 1.54) is 16.2 Å². The molecule has 2 heterocycles. The molecule has 4 rings (SSSR count). The van der Waals surface area contributed by atoms with Crippen LogP contribution in [0.15, 0.2) is 46.4 Å². The fourth-order valence-corrected chi connectivity index (χ4v) is 5.74. The molecular weight excluding hydrogens is 498 g/mol. The minimum Gasteiger partial charge on any atom is -0.366 e. The molecule has 1 unspecified atom stereocenters. The van der Waals surface area contributed by atoms with Gasteiger partial charge in [-0.2, -0.15) is 0 Å². The number of thiocarbonyl (C=S) groups is 1. The molecule has 1 fully saturated rings. The van der Waals surface area contributed by atoms with Gasteiger partial charge in [-0.15, -0.1) is 0 Å². The summed E-state index contributed by atoms with van der Waals surface area (Å²) in [5.41, 5.74) is 5.12. The normalized spacial score (nSPS) is 21.3. The Morgan fingerprint density at radius 2 is 1.97 bits per heavy atom. The molecule has 0 spiro atoms. The van der Waals surface area contributed by atoms with Crippen molar-refractivity contribution in [3.05, 3.63) is 63.1 Å². The van der Waals surface area contributed by atoms with Crippen molar-refractivity contribution < 1.29 is 9.59 Å². The topological polar surface area (TPSA) is 52.7 Å². The third kappa shape index (κ3) is 4.24. The summed E-state index contributed by atoms with van der Waals surface area (Å²) in [6.07, 6.45) is 2.74. The number of hydrogen-bond acceptors (Lipinski definition) is 4. The first-order valence-electron chi connectivity index (χ1n) is 11.1. The molecule has 0 aromatic heterocycles. The first-order chi connectivity index (χ1) is 15.5. The summed E-state index contributed by atoms with van der Waals surface area (Å²) in [7, 11) is 0. The summed E-state index contributed by atoms with van der Waals surface area (Å²) in [4.78, 5) is 30.0. The molecule has 2 aliphatic heterocycles. The average molecular weight is 527 g/mol. The van der Waals surface area contributed by atoms with Crippen LogP contribution in [0, 0.1) is 6.92 Å². The molecule has 0 bridgehead atoms. The van der Waals surface area contributed by atoms with E-state index in [0.717, 1.165) is 28.6 Å². The first-order valence-corrected chi connectivity index (χ1v) is 12.3. The van der Waals surface area contributed by atoms with Gasteiger partial charge in [0.2, 0.25) is 0 Å². The third-order valence-corrected chi connectivity index (χ3v) is 7.34. The van der Waals surface area contributed by atoms with E-state index in [-0.39, 0.29) is 16.2 Å². The number of rotatable bonds is 3. The molecule has 0 aliphatic carbocycles. The first kappa shape index (κ1) is 23.6. The maximum atomic E-state index is 13.4. The van der Waals surface area contributed by atoms with Gasteiger partial charge in [0.05, 0.1) is 5.69 Å². The van der Waals surface area contributed by atoms with Crippen LogP contribution in [0.2, 0.25) is 0 Å². The fraction of sp³-hybridized carbons (Fsp3) is 0.346. The van der Waals surface area contributed by atoms with Crippen LogP contribution in [0.4, 0.5) is 11.4 Å². The zero-order valence-electron chi connectivity index (χ0n) is 19.5. The van der Waals surface area contributed by atoms with Crippen molar-refractivity contribution in [2.24, 2.45) is 0 Å². The van der Waals surface area contributed by atoms with Gasteiger partial charge in [0.15, 0.2) is 5.11 Å². The molecule has 1 atom stereocenters. The lowest BCUT2D eigenvalue weighted by atomic mass is 9.79. The number of fused-ring (bicyclic) bond motifs is 1. The van der Waals surface area contributed by atoms with E-state index in [2.05, 4.69) is 66.0 Å². The molecule has 0 radical (unpaired) electrons. The van der Waals surface area contributed by atoms with Gasteiger partial charge in [0.25, 0.3) is 11.8 Å². The molecule has 2 aromatic carbocycles. The van der Waals surface area contributed by atoms with Crippen LogP contribution in [-0.4, -0.2) is 29.0 Å². The number of hydrogen-bond donors (Lipinski definition) is 1. The van der Waals surface area contributed by atoms with Crippen LogP contribution >= 0.6 is 28.1 Å². The van der Waals surface area contributed by atoms with Crippen LogP contribution < -0.4 is 15.1 Å². The minimum atomic E-state index is -0.474. The Hall–Kier alpha value is -2.51. The van der Waals surface area contributed by atoms with Gasteiger partial charge in [-0.25, -0.2) is 0 Å². The Kier molecular flexibility index (Phi) is 6.22. The smallest absolute Gasteiger partial charge is 0.270 e. The Morgan fingerprint density at radius 3 is 2.64 bits per heavy atom. The number of benzene rings is 2. The van der Waals surface area contributed by atoms with Crippen LogP contribution in [0.5, 0.6) is 0 Å². The number of carbonyl (C=O) groups is 2. The Labute approximate surface area is 209 Å². The summed E-state index contributed by atoms with van der Waals surface area (Å²) in [6.45, 7) is 11.9. The third-order valence-electron chi connectivity index (χ3n) is 6.56. The fourth-order valence-electron chi connectivity index (χ4n) is 5.07. The second-order valence-electron chi connectivity index (χ2n) is 9.37.